The zero-order valence-electron chi connectivity index (χ0n) is 23.3. The van der Waals surface area contributed by atoms with Crippen LogP contribution in [0.2, 0.25) is 0 Å². The lowest BCUT2D eigenvalue weighted by Gasteiger charge is -2.44. The van der Waals surface area contributed by atoms with E-state index in [0.717, 1.165) is 64.5 Å². The summed E-state index contributed by atoms with van der Waals surface area (Å²) in [7, 11) is 1.84. The lowest BCUT2D eigenvalue weighted by molar-refractivity contribution is 0.0996. The summed E-state index contributed by atoms with van der Waals surface area (Å²) in [6.07, 6.45) is 10.2. The van der Waals surface area contributed by atoms with Crippen LogP contribution in [0.25, 0.3) is 0 Å². The summed E-state index contributed by atoms with van der Waals surface area (Å²) >= 11 is 0. The minimum Gasteiger partial charge on any atom is -0.364 e. The highest BCUT2D eigenvalue weighted by Gasteiger charge is 2.36. The van der Waals surface area contributed by atoms with Gasteiger partial charge in [0.25, 0.3) is 5.91 Å². The second kappa shape index (κ2) is 11.1. The number of rotatable bonds is 6. The molecule has 3 amide bonds. The molecular formula is C28H40N10O2. The number of urea groups is 1. The minimum absolute atomic E-state index is 0.0793. The van der Waals surface area contributed by atoms with Gasteiger partial charge in [0.05, 0.1) is 24.1 Å². The number of carbonyl (C=O) groups is 2. The van der Waals surface area contributed by atoms with Crippen molar-refractivity contribution in [1.29, 1.82) is 0 Å². The molecular weight excluding hydrogens is 508 g/mol. The Hall–Kier alpha value is -3.67. The first-order valence-electron chi connectivity index (χ1n) is 14.5. The Bertz CT molecular complexity index is 1220. The number of aromatic nitrogens is 3. The average Bonchev–Trinajstić information content (AvgIpc) is 3.32. The predicted octanol–water partition coefficient (Wildman–Crippen LogP) is 2.02. The quantitative estimate of drug-likeness (QED) is 0.495. The normalized spacial score (nSPS) is 23.1. The average molecular weight is 549 g/mol. The van der Waals surface area contributed by atoms with Gasteiger partial charge >= 0.3 is 6.03 Å². The second-order valence-corrected chi connectivity index (χ2v) is 11.7. The van der Waals surface area contributed by atoms with E-state index in [4.69, 9.17) is 15.7 Å². The van der Waals surface area contributed by atoms with Gasteiger partial charge in [-0.3, -0.25) is 4.79 Å². The molecule has 1 atom stereocenters. The van der Waals surface area contributed by atoms with Gasteiger partial charge in [-0.15, -0.1) is 0 Å². The molecule has 4 N–H and O–H groups in total. The van der Waals surface area contributed by atoms with E-state index in [-0.39, 0.29) is 17.8 Å². The number of amides is 3. The third-order valence-corrected chi connectivity index (χ3v) is 9.23. The van der Waals surface area contributed by atoms with E-state index in [2.05, 4.69) is 25.4 Å². The van der Waals surface area contributed by atoms with Crippen LogP contribution in [0.1, 0.15) is 49.0 Å². The second-order valence-electron chi connectivity index (χ2n) is 11.7. The molecule has 0 saturated carbocycles. The number of hydrogen-bond acceptors (Lipinski definition) is 9. The molecule has 1 spiro atoms. The number of carbonyl (C=O) groups excluding carboxylic acids is 2. The van der Waals surface area contributed by atoms with Crippen molar-refractivity contribution in [3.63, 3.8) is 0 Å². The van der Waals surface area contributed by atoms with Gasteiger partial charge in [0.1, 0.15) is 11.6 Å². The summed E-state index contributed by atoms with van der Waals surface area (Å²) in [5.41, 5.74) is 6.93. The number of pyridine rings is 1. The number of nitrogens with zero attached hydrogens (tertiary/aromatic N) is 7. The van der Waals surface area contributed by atoms with E-state index >= 15 is 0 Å². The maximum Gasteiger partial charge on any atom is 0.320 e. The van der Waals surface area contributed by atoms with Crippen molar-refractivity contribution in [2.75, 3.05) is 74.5 Å². The predicted molar refractivity (Wildman–Crippen MR) is 154 cm³/mol. The molecule has 40 heavy (non-hydrogen) atoms. The molecule has 214 valence electrons. The van der Waals surface area contributed by atoms with Crippen molar-refractivity contribution in [3.8, 4) is 0 Å². The number of piperidine rings is 3. The molecule has 4 saturated heterocycles. The molecule has 0 bridgehead atoms. The zero-order chi connectivity index (χ0) is 27.7. The van der Waals surface area contributed by atoms with Crippen LogP contribution in [0.4, 0.5) is 27.9 Å². The molecule has 0 radical (unpaired) electrons. The Labute approximate surface area is 235 Å². The third-order valence-electron chi connectivity index (χ3n) is 9.23. The van der Waals surface area contributed by atoms with Gasteiger partial charge in [-0.05, 0) is 69.2 Å². The molecule has 2 aromatic heterocycles. The van der Waals surface area contributed by atoms with E-state index in [1.165, 1.54) is 25.7 Å². The van der Waals surface area contributed by atoms with E-state index in [9.17, 15) is 9.59 Å². The monoisotopic (exact) mass is 548 g/mol. The van der Waals surface area contributed by atoms with Crippen LogP contribution in [-0.2, 0) is 0 Å². The van der Waals surface area contributed by atoms with Crippen molar-refractivity contribution >= 4 is 35.1 Å². The van der Waals surface area contributed by atoms with Gasteiger partial charge < -0.3 is 36.0 Å². The molecule has 0 unspecified atom stereocenters. The molecule has 4 fully saturated rings. The number of nitrogens with one attached hydrogen (secondary N) is 2. The van der Waals surface area contributed by atoms with E-state index < -0.39 is 5.91 Å². The standard InChI is InChI=1S/C28H40N10O2/c1-35-15-16-38(27(35)40)21-3-2-12-37(19-21)23-18-32-24(25(29)39)26(34-23)33-20-4-5-22(31-17-20)36-13-8-28(9-14-36)6-10-30-11-7-28/h4-5,17-18,21,30H,2-3,6-16,19H2,1H3,(H2,29,39)(H,33,34)/t21-/m1/s1. The molecule has 12 heteroatoms. The zero-order valence-corrected chi connectivity index (χ0v) is 23.3. The lowest BCUT2D eigenvalue weighted by atomic mass is 9.71. The number of likely N-dealkylation sites (N-methyl/N-ethyl adjacent to an activating group) is 1. The van der Waals surface area contributed by atoms with Crippen molar-refractivity contribution in [2.45, 2.75) is 44.6 Å². The van der Waals surface area contributed by atoms with Crippen molar-refractivity contribution in [2.24, 2.45) is 11.1 Å². The molecule has 12 nitrogen and oxygen atoms in total. The van der Waals surface area contributed by atoms with Gasteiger partial charge in [-0.1, -0.05) is 0 Å². The molecule has 2 aromatic rings. The Morgan fingerprint density at radius 2 is 1.80 bits per heavy atom. The van der Waals surface area contributed by atoms with E-state index in [0.29, 0.717) is 29.3 Å². The smallest absolute Gasteiger partial charge is 0.320 e. The van der Waals surface area contributed by atoms with Crippen LogP contribution in [0.3, 0.4) is 0 Å². The molecule has 4 aliphatic heterocycles. The maximum absolute atomic E-state index is 12.6. The van der Waals surface area contributed by atoms with Crippen molar-refractivity contribution < 1.29 is 9.59 Å². The van der Waals surface area contributed by atoms with Crippen LogP contribution in [0.15, 0.2) is 24.5 Å². The fraction of sp³-hybridized carbons (Fsp3) is 0.607. The largest absolute Gasteiger partial charge is 0.364 e. The van der Waals surface area contributed by atoms with Crippen LogP contribution in [0.5, 0.6) is 0 Å². The topological polar surface area (TPSA) is 136 Å². The molecule has 4 aliphatic rings. The summed E-state index contributed by atoms with van der Waals surface area (Å²) in [4.78, 5) is 46.8. The van der Waals surface area contributed by atoms with Crippen LogP contribution >= 0.6 is 0 Å². The Morgan fingerprint density at radius 1 is 1.00 bits per heavy atom. The third kappa shape index (κ3) is 5.36. The first-order valence-corrected chi connectivity index (χ1v) is 14.5. The summed E-state index contributed by atoms with van der Waals surface area (Å²) in [5, 5.41) is 6.71. The van der Waals surface area contributed by atoms with Gasteiger partial charge in [-0.25, -0.2) is 19.7 Å². The number of primary amides is 1. The Kier molecular flexibility index (Phi) is 7.35. The fourth-order valence-electron chi connectivity index (χ4n) is 6.67. The number of nitrogens with two attached hydrogens (primary N) is 1. The summed E-state index contributed by atoms with van der Waals surface area (Å²) in [5.74, 6) is 1.28. The van der Waals surface area contributed by atoms with E-state index in [1.54, 1.807) is 17.3 Å². The highest BCUT2D eigenvalue weighted by atomic mass is 16.2. The molecule has 0 aromatic carbocycles. The van der Waals surface area contributed by atoms with Gasteiger partial charge in [0.2, 0.25) is 0 Å². The van der Waals surface area contributed by atoms with Crippen LogP contribution in [-0.4, -0.2) is 102 Å². The summed E-state index contributed by atoms with van der Waals surface area (Å²) < 4.78 is 0. The van der Waals surface area contributed by atoms with Crippen LogP contribution in [0, 0.1) is 5.41 Å². The first kappa shape index (κ1) is 26.5. The van der Waals surface area contributed by atoms with Gasteiger partial charge in [0.15, 0.2) is 11.5 Å². The highest BCUT2D eigenvalue weighted by Crippen LogP contribution is 2.40. The van der Waals surface area contributed by atoms with Crippen molar-refractivity contribution in [1.82, 2.24) is 30.1 Å². The lowest BCUT2D eigenvalue weighted by Crippen LogP contribution is -2.49. The Balaban J connectivity index is 1.14. The molecule has 0 aliphatic carbocycles. The number of hydrogen-bond donors (Lipinski definition) is 3. The molecule has 6 heterocycles. The fourth-order valence-corrected chi connectivity index (χ4v) is 6.67. The molecule has 6 rings (SSSR count). The van der Waals surface area contributed by atoms with Crippen LogP contribution < -0.4 is 26.2 Å². The van der Waals surface area contributed by atoms with Gasteiger partial charge in [-0.2, -0.15) is 0 Å². The summed E-state index contributed by atoms with van der Waals surface area (Å²) in [6.45, 7) is 7.28. The minimum atomic E-state index is -0.645. The number of anilines is 4. The maximum atomic E-state index is 12.6. The summed E-state index contributed by atoms with van der Waals surface area (Å²) in [6, 6.07) is 4.18. The SMILES string of the molecule is CN1CCN([C@@H]2CCCN(c3cnc(C(N)=O)c(Nc4ccc(N5CCC6(CCNCC6)CC5)nc4)n3)C2)C1=O. The van der Waals surface area contributed by atoms with E-state index in [1.807, 2.05) is 24.1 Å². The van der Waals surface area contributed by atoms with Gasteiger partial charge in [0, 0.05) is 46.3 Å². The highest BCUT2D eigenvalue weighted by molar-refractivity contribution is 5.96. The van der Waals surface area contributed by atoms with Crippen molar-refractivity contribution in [3.05, 3.63) is 30.2 Å². The Morgan fingerprint density at radius 3 is 2.48 bits per heavy atom. The first-order chi connectivity index (χ1) is 19.4.